The van der Waals surface area contributed by atoms with E-state index in [4.69, 9.17) is 0 Å². The third-order valence-corrected chi connectivity index (χ3v) is 5.74. The average Bonchev–Trinajstić information content (AvgIpc) is 3.30. The van der Waals surface area contributed by atoms with Gasteiger partial charge in [0.15, 0.2) is 0 Å². The van der Waals surface area contributed by atoms with E-state index in [1.807, 2.05) is 12.1 Å². The quantitative estimate of drug-likeness (QED) is 0.515. The van der Waals surface area contributed by atoms with Gasteiger partial charge in [-0.3, -0.25) is 24.5 Å². The van der Waals surface area contributed by atoms with Gasteiger partial charge in [0.1, 0.15) is 11.4 Å². The predicted molar refractivity (Wildman–Crippen MR) is 104 cm³/mol. The lowest BCUT2D eigenvalue weighted by atomic mass is 9.84. The van der Waals surface area contributed by atoms with Crippen molar-refractivity contribution >= 4 is 11.8 Å². The van der Waals surface area contributed by atoms with E-state index in [9.17, 15) is 14.4 Å². The third-order valence-electron chi connectivity index (χ3n) is 5.74. The number of H-pyrrole nitrogens is 2. The van der Waals surface area contributed by atoms with Gasteiger partial charge in [0, 0.05) is 25.0 Å². The van der Waals surface area contributed by atoms with Gasteiger partial charge >= 0.3 is 5.69 Å². The number of hydrogen-bond donors (Lipinski definition) is 4. The van der Waals surface area contributed by atoms with Crippen LogP contribution in [0.25, 0.3) is 0 Å². The van der Waals surface area contributed by atoms with E-state index >= 15 is 0 Å². The number of piperidine rings is 1. The highest BCUT2D eigenvalue weighted by atomic mass is 16.2. The Kier molecular flexibility index (Phi) is 5.43. The Morgan fingerprint density at radius 2 is 2.24 bits per heavy atom. The number of pyridine rings is 1. The molecule has 2 fully saturated rings. The average molecular weight is 399 g/mol. The number of nitrogens with zero attached hydrogens (tertiary/aromatic N) is 3. The molecule has 10 heteroatoms. The first kappa shape index (κ1) is 19.3. The zero-order valence-corrected chi connectivity index (χ0v) is 16.1. The van der Waals surface area contributed by atoms with Gasteiger partial charge in [-0.05, 0) is 43.9 Å². The van der Waals surface area contributed by atoms with Crippen molar-refractivity contribution in [1.29, 1.82) is 0 Å². The van der Waals surface area contributed by atoms with Crippen molar-refractivity contribution in [2.75, 3.05) is 13.1 Å². The summed E-state index contributed by atoms with van der Waals surface area (Å²) in [5.74, 6) is 0.249. The maximum Gasteiger partial charge on any atom is 0.340 e. The molecule has 2 aliphatic rings. The second kappa shape index (κ2) is 8.16. The normalized spacial score (nSPS) is 24.1. The smallest absolute Gasteiger partial charge is 0.340 e. The van der Waals surface area contributed by atoms with Gasteiger partial charge in [0.05, 0.1) is 13.0 Å². The summed E-state index contributed by atoms with van der Waals surface area (Å²) in [6.45, 7) is 1.65. The molecule has 4 N–H and O–H groups in total. The summed E-state index contributed by atoms with van der Waals surface area (Å²) in [6.07, 6.45) is 6.98. The monoisotopic (exact) mass is 399 g/mol. The molecule has 0 spiro atoms. The second-order valence-corrected chi connectivity index (χ2v) is 7.75. The first-order valence-corrected chi connectivity index (χ1v) is 9.90. The van der Waals surface area contributed by atoms with Crippen LogP contribution in [0.3, 0.4) is 0 Å². The Balaban J connectivity index is 1.39. The minimum absolute atomic E-state index is 0.0625. The summed E-state index contributed by atoms with van der Waals surface area (Å²) in [5, 5.41) is 12.1. The fourth-order valence-electron chi connectivity index (χ4n) is 4.46. The van der Waals surface area contributed by atoms with Crippen molar-refractivity contribution in [3.63, 3.8) is 0 Å². The lowest BCUT2D eigenvalue weighted by Crippen LogP contribution is -2.57. The van der Waals surface area contributed by atoms with Gasteiger partial charge in [-0.15, -0.1) is 0 Å². The summed E-state index contributed by atoms with van der Waals surface area (Å²) >= 11 is 0. The van der Waals surface area contributed by atoms with Gasteiger partial charge in [0.2, 0.25) is 11.8 Å². The summed E-state index contributed by atoms with van der Waals surface area (Å²) in [4.78, 5) is 45.5. The summed E-state index contributed by atoms with van der Waals surface area (Å²) in [6, 6.07) is 3.61. The van der Waals surface area contributed by atoms with Crippen LogP contribution in [-0.4, -0.2) is 61.5 Å². The molecule has 29 heavy (non-hydrogen) atoms. The molecule has 4 rings (SSSR count). The molecule has 154 valence electrons. The highest BCUT2D eigenvalue weighted by molar-refractivity contribution is 5.87. The zero-order valence-electron chi connectivity index (χ0n) is 16.1. The number of fused-ring (bicyclic) bond motifs is 1. The van der Waals surface area contributed by atoms with Crippen LogP contribution in [-0.2, 0) is 22.6 Å². The van der Waals surface area contributed by atoms with Crippen LogP contribution >= 0.6 is 0 Å². The molecule has 4 heterocycles. The first-order valence-electron chi connectivity index (χ1n) is 9.90. The van der Waals surface area contributed by atoms with Gasteiger partial charge in [0.25, 0.3) is 0 Å². The Morgan fingerprint density at radius 3 is 3.00 bits per heavy atom. The number of carbonyl (C=O) groups is 2. The molecule has 0 unspecified atom stereocenters. The zero-order chi connectivity index (χ0) is 20.3. The van der Waals surface area contributed by atoms with Crippen LogP contribution in [0.15, 0.2) is 29.3 Å². The highest BCUT2D eigenvalue weighted by Crippen LogP contribution is 2.38. The third kappa shape index (κ3) is 4.21. The molecular weight excluding hydrogens is 374 g/mol. The second-order valence-electron chi connectivity index (χ2n) is 7.75. The number of hydrogen-bond acceptors (Lipinski definition) is 6. The van der Waals surface area contributed by atoms with Gasteiger partial charge in [-0.1, -0.05) is 6.07 Å². The van der Waals surface area contributed by atoms with Gasteiger partial charge < -0.3 is 10.6 Å². The van der Waals surface area contributed by atoms with Crippen molar-refractivity contribution in [3.05, 3.63) is 46.4 Å². The SMILES string of the molecule is O=C(Cc1cccnc1)N[C@@H]1CN2CCCC[C@]2(C(=O)NCc2n[nH]c(=O)[nH]2)C1. The van der Waals surface area contributed by atoms with Crippen LogP contribution in [0, 0.1) is 0 Å². The molecule has 2 aromatic heterocycles. The Labute approximate surface area is 167 Å². The van der Waals surface area contributed by atoms with E-state index in [1.165, 1.54) is 0 Å². The summed E-state index contributed by atoms with van der Waals surface area (Å²) in [7, 11) is 0. The van der Waals surface area contributed by atoms with Crippen molar-refractivity contribution in [2.24, 2.45) is 0 Å². The molecule has 2 amide bonds. The van der Waals surface area contributed by atoms with E-state index in [1.54, 1.807) is 12.4 Å². The summed E-state index contributed by atoms with van der Waals surface area (Å²) in [5.41, 5.74) is -0.161. The topological polar surface area (TPSA) is 136 Å². The number of amides is 2. The van der Waals surface area contributed by atoms with Crippen molar-refractivity contribution in [1.82, 2.24) is 35.7 Å². The summed E-state index contributed by atoms with van der Waals surface area (Å²) < 4.78 is 0. The lowest BCUT2D eigenvalue weighted by Gasteiger charge is -2.40. The number of aromatic amines is 2. The van der Waals surface area contributed by atoms with Crippen LogP contribution in [0.1, 0.15) is 37.1 Å². The molecule has 2 saturated heterocycles. The number of carbonyl (C=O) groups excluding carboxylic acids is 2. The lowest BCUT2D eigenvalue weighted by molar-refractivity contribution is -0.134. The van der Waals surface area contributed by atoms with E-state index in [-0.39, 0.29) is 30.8 Å². The van der Waals surface area contributed by atoms with Crippen LogP contribution in [0.5, 0.6) is 0 Å². The van der Waals surface area contributed by atoms with E-state index in [0.717, 1.165) is 31.4 Å². The minimum Gasteiger partial charge on any atom is -0.352 e. The predicted octanol–water partition coefficient (Wildman–Crippen LogP) is -0.535. The van der Waals surface area contributed by atoms with Crippen LogP contribution in [0.4, 0.5) is 0 Å². The molecule has 0 bridgehead atoms. The number of nitrogens with one attached hydrogen (secondary N) is 4. The van der Waals surface area contributed by atoms with Crippen molar-refractivity contribution < 1.29 is 9.59 Å². The largest absolute Gasteiger partial charge is 0.352 e. The van der Waals surface area contributed by atoms with Gasteiger partial charge in [-0.25, -0.2) is 9.89 Å². The van der Waals surface area contributed by atoms with Crippen LogP contribution < -0.4 is 16.3 Å². The minimum atomic E-state index is -0.624. The molecule has 0 aromatic carbocycles. The molecule has 0 aliphatic carbocycles. The van der Waals surface area contributed by atoms with E-state index < -0.39 is 11.2 Å². The molecule has 10 nitrogen and oxygen atoms in total. The van der Waals surface area contributed by atoms with Crippen molar-refractivity contribution in [3.8, 4) is 0 Å². The molecule has 0 radical (unpaired) electrons. The molecular formula is C19H25N7O3. The Morgan fingerprint density at radius 1 is 1.34 bits per heavy atom. The van der Waals surface area contributed by atoms with Gasteiger partial charge in [-0.2, -0.15) is 5.10 Å². The molecule has 2 aliphatic heterocycles. The first-order chi connectivity index (χ1) is 14.0. The molecule has 2 aromatic rings. The van der Waals surface area contributed by atoms with Crippen molar-refractivity contribution in [2.45, 2.75) is 50.2 Å². The number of aromatic nitrogens is 4. The maximum atomic E-state index is 13.1. The Hall–Kier alpha value is -3.01. The van der Waals surface area contributed by atoms with Crippen LogP contribution in [0.2, 0.25) is 0 Å². The highest BCUT2D eigenvalue weighted by Gasteiger charge is 2.52. The standard InChI is InChI=1S/C19H25N7O3/c27-16(8-13-4-3-6-20-10-13)22-14-9-19(5-1-2-7-26(19)12-14)17(28)21-11-15-23-18(29)25-24-15/h3-4,6,10,14H,1-2,5,7-9,11-12H2,(H,21,28)(H,22,27)(H2,23,24,25,29)/t14-,19+/m0/s1. The number of rotatable bonds is 6. The maximum absolute atomic E-state index is 13.1. The molecule has 0 saturated carbocycles. The fraction of sp³-hybridized carbons (Fsp3) is 0.526. The van der Waals surface area contributed by atoms with E-state index in [0.29, 0.717) is 18.8 Å². The fourth-order valence-corrected chi connectivity index (χ4v) is 4.46. The van der Waals surface area contributed by atoms with E-state index in [2.05, 4.69) is 35.7 Å². The molecule has 2 atom stereocenters. The Bertz CT molecular complexity index is 925.